The highest BCUT2D eigenvalue weighted by molar-refractivity contribution is 6.03. The van der Waals surface area contributed by atoms with Gasteiger partial charge in [0.2, 0.25) is 0 Å². The lowest BCUT2D eigenvalue weighted by Crippen LogP contribution is -2.31. The zero-order chi connectivity index (χ0) is 22.0. The van der Waals surface area contributed by atoms with E-state index < -0.39 is 36.2 Å². The zero-order valence-electron chi connectivity index (χ0n) is 16.5. The fraction of sp³-hybridized carbons (Fsp3) is 0.174. The van der Waals surface area contributed by atoms with Crippen LogP contribution in [0.3, 0.4) is 0 Å². The Morgan fingerprint density at radius 3 is 2.58 bits per heavy atom. The van der Waals surface area contributed by atoms with Crippen LogP contribution in [-0.4, -0.2) is 29.2 Å². The molecule has 31 heavy (non-hydrogen) atoms. The molecule has 2 aromatic carbocycles. The minimum atomic E-state index is -1.18. The Labute approximate surface area is 176 Å². The maximum absolute atomic E-state index is 13.3. The highest BCUT2D eigenvalue weighted by atomic mass is 19.2. The van der Waals surface area contributed by atoms with Crippen LogP contribution in [0.5, 0.6) is 0 Å². The molecule has 0 fully saturated rings. The molecule has 1 aliphatic rings. The lowest BCUT2D eigenvalue weighted by Gasteiger charge is -2.19. The van der Waals surface area contributed by atoms with Gasteiger partial charge < -0.3 is 9.15 Å². The molecule has 1 amide bonds. The van der Waals surface area contributed by atoms with Crippen molar-refractivity contribution in [3.05, 3.63) is 94.9 Å². The lowest BCUT2D eigenvalue weighted by molar-refractivity contribution is -0.136. The van der Waals surface area contributed by atoms with Crippen molar-refractivity contribution in [2.75, 3.05) is 6.61 Å². The van der Waals surface area contributed by atoms with Gasteiger partial charge in [-0.1, -0.05) is 29.8 Å². The maximum atomic E-state index is 13.3. The Hall–Kier alpha value is -3.81. The van der Waals surface area contributed by atoms with Crippen molar-refractivity contribution in [2.45, 2.75) is 19.4 Å². The molecule has 1 aromatic heterocycles. The number of aryl methyl sites for hydroxylation is 1. The second-order valence-corrected chi connectivity index (χ2v) is 7.09. The number of halogens is 2. The number of carbonyl (C=O) groups is 2. The Balaban J connectivity index is 1.51. The quantitative estimate of drug-likeness (QED) is 0.569. The fourth-order valence-corrected chi connectivity index (χ4v) is 3.26. The van der Waals surface area contributed by atoms with E-state index in [0.29, 0.717) is 17.9 Å². The first-order valence-electron chi connectivity index (χ1n) is 9.54. The number of amides is 1. The third-order valence-corrected chi connectivity index (χ3v) is 4.90. The smallest absolute Gasteiger partial charge is 0.338 e. The van der Waals surface area contributed by atoms with Gasteiger partial charge in [0, 0.05) is 6.42 Å². The molecule has 158 valence electrons. The van der Waals surface area contributed by atoms with Crippen molar-refractivity contribution in [3.8, 4) is 0 Å². The molecular formula is C23H18F2N2O4. The van der Waals surface area contributed by atoms with E-state index in [1.807, 2.05) is 31.2 Å². The number of hydrazone groups is 1. The topological polar surface area (TPSA) is 72.1 Å². The summed E-state index contributed by atoms with van der Waals surface area (Å²) >= 11 is 0. The fourth-order valence-electron chi connectivity index (χ4n) is 3.26. The van der Waals surface area contributed by atoms with Gasteiger partial charge >= 0.3 is 5.97 Å². The summed E-state index contributed by atoms with van der Waals surface area (Å²) in [5.41, 5.74) is 2.47. The second-order valence-electron chi connectivity index (χ2n) is 7.09. The third-order valence-electron chi connectivity index (χ3n) is 4.90. The van der Waals surface area contributed by atoms with Crippen LogP contribution in [0.25, 0.3) is 0 Å². The molecule has 3 aromatic rings. The largest absolute Gasteiger partial charge is 0.467 e. The van der Waals surface area contributed by atoms with Crippen molar-refractivity contribution in [3.63, 3.8) is 0 Å². The molecule has 4 rings (SSSR count). The Bertz CT molecular complexity index is 1140. The first-order chi connectivity index (χ1) is 14.9. The number of hydrogen-bond donors (Lipinski definition) is 0. The molecule has 1 aliphatic heterocycles. The number of hydrogen-bond acceptors (Lipinski definition) is 5. The molecule has 0 aliphatic carbocycles. The summed E-state index contributed by atoms with van der Waals surface area (Å²) < 4.78 is 36.8. The summed E-state index contributed by atoms with van der Waals surface area (Å²) in [7, 11) is 0. The number of benzene rings is 2. The van der Waals surface area contributed by atoms with Gasteiger partial charge in [0.25, 0.3) is 5.91 Å². The van der Waals surface area contributed by atoms with Gasteiger partial charge in [-0.05, 0) is 42.8 Å². The average molecular weight is 424 g/mol. The van der Waals surface area contributed by atoms with Crippen LogP contribution in [0.4, 0.5) is 8.78 Å². The number of furan rings is 1. The molecule has 1 unspecified atom stereocenters. The molecule has 8 heteroatoms. The molecule has 0 radical (unpaired) electrons. The number of ether oxygens (including phenoxy) is 1. The summed E-state index contributed by atoms with van der Waals surface area (Å²) in [5, 5.41) is 5.67. The van der Waals surface area contributed by atoms with Crippen LogP contribution in [0.2, 0.25) is 0 Å². The summed E-state index contributed by atoms with van der Waals surface area (Å²) in [6.45, 7) is 1.36. The SMILES string of the molecule is Cc1ccc(C2=NN(C(=O)COC(=O)c3ccc(F)c(F)c3)C(c3ccco3)C2)cc1. The van der Waals surface area contributed by atoms with Crippen molar-refractivity contribution < 1.29 is 27.5 Å². The average Bonchev–Trinajstić information content (AvgIpc) is 3.44. The van der Waals surface area contributed by atoms with E-state index in [2.05, 4.69) is 5.10 Å². The first-order valence-corrected chi connectivity index (χ1v) is 9.54. The summed E-state index contributed by atoms with van der Waals surface area (Å²) in [6, 6.07) is 13.3. The molecule has 2 heterocycles. The zero-order valence-corrected chi connectivity index (χ0v) is 16.5. The van der Waals surface area contributed by atoms with E-state index in [0.717, 1.165) is 29.3 Å². The highest BCUT2D eigenvalue weighted by Gasteiger charge is 2.35. The van der Waals surface area contributed by atoms with E-state index in [-0.39, 0.29) is 5.56 Å². The van der Waals surface area contributed by atoms with Crippen molar-refractivity contribution in [1.82, 2.24) is 5.01 Å². The number of esters is 1. The van der Waals surface area contributed by atoms with Crippen LogP contribution in [0, 0.1) is 18.6 Å². The third kappa shape index (κ3) is 4.37. The van der Waals surface area contributed by atoms with Gasteiger partial charge in [-0.25, -0.2) is 18.6 Å². The summed E-state index contributed by atoms with van der Waals surface area (Å²) in [5.74, 6) is -3.22. The Morgan fingerprint density at radius 1 is 1.13 bits per heavy atom. The Kier molecular flexibility index (Phi) is 5.62. The molecule has 0 spiro atoms. The highest BCUT2D eigenvalue weighted by Crippen LogP contribution is 2.33. The van der Waals surface area contributed by atoms with Gasteiger partial charge in [0.15, 0.2) is 18.2 Å². The van der Waals surface area contributed by atoms with Crippen LogP contribution in [0.1, 0.15) is 39.7 Å². The molecule has 1 atom stereocenters. The van der Waals surface area contributed by atoms with E-state index in [9.17, 15) is 18.4 Å². The number of nitrogens with zero attached hydrogens (tertiary/aromatic N) is 2. The van der Waals surface area contributed by atoms with E-state index in [1.165, 1.54) is 11.3 Å². The van der Waals surface area contributed by atoms with E-state index in [1.54, 1.807) is 12.1 Å². The second kappa shape index (κ2) is 8.51. The minimum absolute atomic E-state index is 0.195. The molecule has 6 nitrogen and oxygen atoms in total. The molecule has 0 N–H and O–H groups in total. The number of carbonyl (C=O) groups excluding carboxylic acids is 2. The predicted molar refractivity (Wildman–Crippen MR) is 107 cm³/mol. The van der Waals surface area contributed by atoms with E-state index in [4.69, 9.17) is 9.15 Å². The van der Waals surface area contributed by atoms with Crippen LogP contribution in [0.15, 0.2) is 70.4 Å². The van der Waals surface area contributed by atoms with Gasteiger partial charge in [0.05, 0.1) is 17.5 Å². The molecular weight excluding hydrogens is 406 g/mol. The van der Waals surface area contributed by atoms with Crippen molar-refractivity contribution >= 4 is 17.6 Å². The lowest BCUT2D eigenvalue weighted by atomic mass is 10.0. The van der Waals surface area contributed by atoms with Crippen molar-refractivity contribution in [1.29, 1.82) is 0 Å². The van der Waals surface area contributed by atoms with Gasteiger partial charge in [-0.3, -0.25) is 4.79 Å². The number of rotatable bonds is 5. The monoisotopic (exact) mass is 424 g/mol. The van der Waals surface area contributed by atoms with Crippen molar-refractivity contribution in [2.24, 2.45) is 5.10 Å². The van der Waals surface area contributed by atoms with Crippen LogP contribution in [-0.2, 0) is 9.53 Å². The minimum Gasteiger partial charge on any atom is -0.467 e. The first kappa shape index (κ1) is 20.5. The Morgan fingerprint density at radius 2 is 1.90 bits per heavy atom. The standard InChI is InChI=1S/C23H18F2N2O4/c1-14-4-6-15(7-5-14)19-12-20(21-3-2-10-30-21)27(26-19)22(28)13-31-23(29)16-8-9-17(24)18(25)11-16/h2-11,20H,12-13H2,1H3. The van der Waals surface area contributed by atoms with Crippen LogP contribution >= 0.6 is 0 Å². The molecule has 0 saturated heterocycles. The molecule has 0 saturated carbocycles. The summed E-state index contributed by atoms with van der Waals surface area (Å²) in [6.07, 6.45) is 1.93. The molecule has 0 bridgehead atoms. The normalized spacial score (nSPS) is 15.6. The van der Waals surface area contributed by atoms with Gasteiger partial charge in [-0.15, -0.1) is 0 Å². The van der Waals surface area contributed by atoms with Gasteiger partial charge in [0.1, 0.15) is 11.8 Å². The van der Waals surface area contributed by atoms with Gasteiger partial charge in [-0.2, -0.15) is 5.10 Å². The predicted octanol–water partition coefficient (Wildman–Crippen LogP) is 4.40. The summed E-state index contributed by atoms with van der Waals surface area (Å²) in [4.78, 5) is 24.9. The van der Waals surface area contributed by atoms with E-state index >= 15 is 0 Å². The van der Waals surface area contributed by atoms with Crippen LogP contribution < -0.4 is 0 Å². The maximum Gasteiger partial charge on any atom is 0.338 e.